The summed E-state index contributed by atoms with van der Waals surface area (Å²) in [6.45, 7) is 6.11. The number of aryl methyl sites for hydroxylation is 2. The van der Waals surface area contributed by atoms with Crippen LogP contribution in [-0.2, 0) is 11.2 Å². The van der Waals surface area contributed by atoms with Crippen molar-refractivity contribution in [2.45, 2.75) is 27.2 Å². The molecule has 21 heavy (non-hydrogen) atoms. The first kappa shape index (κ1) is 16.0. The second-order valence-electron chi connectivity index (χ2n) is 4.42. The largest absolute Gasteiger partial charge is 0.461 e. The molecule has 0 spiro atoms. The van der Waals surface area contributed by atoms with Crippen molar-refractivity contribution < 1.29 is 9.53 Å². The van der Waals surface area contributed by atoms with Crippen LogP contribution in [0.25, 0.3) is 0 Å². The van der Waals surface area contributed by atoms with Crippen molar-refractivity contribution >= 4 is 44.1 Å². The highest BCUT2D eigenvalue weighted by Crippen LogP contribution is 2.29. The van der Waals surface area contributed by atoms with Gasteiger partial charge in [-0.25, -0.2) is 9.78 Å². The van der Waals surface area contributed by atoms with Gasteiger partial charge in [0.05, 0.1) is 6.61 Å². The molecule has 1 aromatic heterocycles. The van der Waals surface area contributed by atoms with Crippen LogP contribution in [0.5, 0.6) is 0 Å². The van der Waals surface area contributed by atoms with Crippen LogP contribution in [0, 0.1) is 6.92 Å². The van der Waals surface area contributed by atoms with E-state index in [1.807, 2.05) is 19.1 Å². The maximum Gasteiger partial charge on any atom is 0.358 e. The average molecular weight is 369 g/mol. The molecule has 0 aliphatic heterocycles. The predicted octanol–water partition coefficient (Wildman–Crippen LogP) is 4.70. The van der Waals surface area contributed by atoms with Gasteiger partial charge in [-0.05, 0) is 44.0 Å². The van der Waals surface area contributed by atoms with Gasteiger partial charge in [0.2, 0.25) is 0 Å². The minimum Gasteiger partial charge on any atom is -0.461 e. The summed E-state index contributed by atoms with van der Waals surface area (Å²) in [6, 6.07) is 6.06. The Labute approximate surface area is 136 Å². The molecule has 0 atom stereocenters. The zero-order chi connectivity index (χ0) is 15.4. The molecule has 4 nitrogen and oxygen atoms in total. The molecule has 1 heterocycles. The fraction of sp³-hybridized carbons (Fsp3) is 0.333. The average Bonchev–Trinajstić information content (AvgIpc) is 2.82. The Morgan fingerprint density at radius 1 is 1.43 bits per heavy atom. The van der Waals surface area contributed by atoms with Gasteiger partial charge in [0.1, 0.15) is 0 Å². The van der Waals surface area contributed by atoms with Gasteiger partial charge in [0.15, 0.2) is 10.8 Å². The van der Waals surface area contributed by atoms with Crippen LogP contribution in [0.1, 0.15) is 34.8 Å². The van der Waals surface area contributed by atoms with Gasteiger partial charge in [-0.15, -0.1) is 11.3 Å². The first-order valence-corrected chi connectivity index (χ1v) is 8.36. The maximum absolute atomic E-state index is 11.8. The van der Waals surface area contributed by atoms with Gasteiger partial charge < -0.3 is 10.1 Å². The normalized spacial score (nSPS) is 10.5. The summed E-state index contributed by atoms with van der Waals surface area (Å²) in [6.07, 6.45) is 0.914. The quantitative estimate of drug-likeness (QED) is 0.777. The Morgan fingerprint density at radius 2 is 2.19 bits per heavy atom. The van der Waals surface area contributed by atoms with Crippen molar-refractivity contribution in [3.8, 4) is 0 Å². The van der Waals surface area contributed by atoms with Gasteiger partial charge in [-0.3, -0.25) is 0 Å². The zero-order valence-electron chi connectivity index (χ0n) is 12.2. The lowest BCUT2D eigenvalue weighted by Gasteiger charge is -2.08. The number of ether oxygens (including phenoxy) is 1. The highest BCUT2D eigenvalue weighted by atomic mass is 79.9. The molecule has 6 heteroatoms. The third-order valence-corrected chi connectivity index (χ3v) is 4.33. The van der Waals surface area contributed by atoms with E-state index in [9.17, 15) is 4.79 Å². The van der Waals surface area contributed by atoms with Crippen LogP contribution in [-0.4, -0.2) is 17.6 Å². The number of benzene rings is 1. The molecule has 112 valence electrons. The van der Waals surface area contributed by atoms with Crippen LogP contribution in [0.3, 0.4) is 0 Å². The fourth-order valence-electron chi connectivity index (χ4n) is 1.93. The van der Waals surface area contributed by atoms with E-state index in [1.54, 1.807) is 6.92 Å². The summed E-state index contributed by atoms with van der Waals surface area (Å²) in [4.78, 5) is 17.0. The van der Waals surface area contributed by atoms with Gasteiger partial charge in [0.25, 0.3) is 0 Å². The number of rotatable bonds is 5. The number of halogens is 1. The number of nitrogens with zero attached hydrogens (tertiary/aromatic N) is 1. The van der Waals surface area contributed by atoms with Crippen LogP contribution in [0.2, 0.25) is 0 Å². The van der Waals surface area contributed by atoms with Crippen molar-refractivity contribution in [1.29, 1.82) is 0 Å². The maximum atomic E-state index is 11.8. The van der Waals surface area contributed by atoms with E-state index < -0.39 is 0 Å². The van der Waals surface area contributed by atoms with E-state index in [0.29, 0.717) is 17.4 Å². The molecule has 0 aliphatic carbocycles. The molecule has 0 bridgehead atoms. The number of carbonyl (C=O) groups is 1. The Balaban J connectivity index is 2.25. The summed E-state index contributed by atoms with van der Waals surface area (Å²) in [5, 5.41) is 3.99. The second-order valence-corrected chi connectivity index (χ2v) is 6.54. The Bertz CT molecular complexity index is 655. The number of hydrogen-bond donors (Lipinski definition) is 1. The van der Waals surface area contributed by atoms with E-state index in [-0.39, 0.29) is 5.97 Å². The SMILES string of the molecule is CCOC(=O)c1nc(Nc2ccc(Br)cc2CC)sc1C. The van der Waals surface area contributed by atoms with Crippen molar-refractivity contribution in [2.24, 2.45) is 0 Å². The second kappa shape index (κ2) is 7.04. The fourth-order valence-corrected chi connectivity index (χ4v) is 3.15. The number of nitrogens with one attached hydrogen (secondary N) is 1. The molecular weight excluding hydrogens is 352 g/mol. The first-order chi connectivity index (χ1) is 10.0. The third-order valence-electron chi connectivity index (χ3n) is 2.96. The summed E-state index contributed by atoms with van der Waals surface area (Å²) in [5.41, 5.74) is 2.58. The lowest BCUT2D eigenvalue weighted by atomic mass is 10.1. The summed E-state index contributed by atoms with van der Waals surface area (Å²) in [5.74, 6) is -0.370. The summed E-state index contributed by atoms with van der Waals surface area (Å²) in [7, 11) is 0. The van der Waals surface area contributed by atoms with Crippen LogP contribution < -0.4 is 5.32 Å². The van der Waals surface area contributed by atoms with Crippen LogP contribution in [0.4, 0.5) is 10.8 Å². The minimum atomic E-state index is -0.370. The lowest BCUT2D eigenvalue weighted by molar-refractivity contribution is 0.0519. The van der Waals surface area contributed by atoms with Crippen molar-refractivity contribution in [3.05, 3.63) is 38.8 Å². The van der Waals surface area contributed by atoms with Crippen LogP contribution >= 0.6 is 27.3 Å². The summed E-state index contributed by atoms with van der Waals surface area (Å²) < 4.78 is 6.05. The smallest absolute Gasteiger partial charge is 0.358 e. The Hall–Kier alpha value is -1.40. The number of thiazole rings is 1. The molecular formula is C15H17BrN2O2S. The van der Waals surface area contributed by atoms with E-state index in [0.717, 1.165) is 21.5 Å². The topological polar surface area (TPSA) is 51.2 Å². The first-order valence-electron chi connectivity index (χ1n) is 6.75. The molecule has 0 fully saturated rings. The molecule has 0 amide bonds. The number of esters is 1. The van der Waals surface area contributed by atoms with E-state index in [1.165, 1.54) is 16.9 Å². The zero-order valence-corrected chi connectivity index (χ0v) is 14.6. The monoisotopic (exact) mass is 368 g/mol. The molecule has 0 saturated carbocycles. The van der Waals surface area contributed by atoms with Gasteiger partial charge in [-0.2, -0.15) is 0 Å². The van der Waals surface area contributed by atoms with Crippen molar-refractivity contribution in [1.82, 2.24) is 4.98 Å². The van der Waals surface area contributed by atoms with Crippen molar-refractivity contribution in [2.75, 3.05) is 11.9 Å². The molecule has 2 rings (SSSR count). The number of carbonyl (C=O) groups excluding carboxylic acids is 1. The molecule has 1 aromatic carbocycles. The lowest BCUT2D eigenvalue weighted by Crippen LogP contribution is -2.06. The van der Waals surface area contributed by atoms with E-state index in [2.05, 4.69) is 39.2 Å². The summed E-state index contributed by atoms with van der Waals surface area (Å²) >= 11 is 4.92. The molecule has 2 aromatic rings. The van der Waals surface area contributed by atoms with E-state index >= 15 is 0 Å². The standard InChI is InChI=1S/C15H17BrN2O2S/c1-4-10-8-11(16)6-7-12(10)17-15-18-13(9(3)21-15)14(19)20-5-2/h6-8H,4-5H2,1-3H3,(H,17,18). The minimum absolute atomic E-state index is 0.352. The predicted molar refractivity (Wildman–Crippen MR) is 89.6 cm³/mol. The molecule has 1 N–H and O–H groups in total. The van der Waals surface area contributed by atoms with Crippen molar-refractivity contribution in [3.63, 3.8) is 0 Å². The van der Waals surface area contributed by atoms with Gasteiger partial charge in [-0.1, -0.05) is 22.9 Å². The molecule has 0 saturated heterocycles. The Morgan fingerprint density at radius 3 is 2.86 bits per heavy atom. The highest BCUT2D eigenvalue weighted by Gasteiger charge is 2.17. The number of anilines is 2. The molecule has 0 aliphatic rings. The molecule has 0 radical (unpaired) electrons. The van der Waals surface area contributed by atoms with Gasteiger partial charge in [0, 0.05) is 15.0 Å². The number of hydrogen-bond acceptors (Lipinski definition) is 5. The Kier molecular flexibility index (Phi) is 5.36. The highest BCUT2D eigenvalue weighted by molar-refractivity contribution is 9.10. The van der Waals surface area contributed by atoms with E-state index in [4.69, 9.17) is 4.74 Å². The van der Waals surface area contributed by atoms with Crippen LogP contribution in [0.15, 0.2) is 22.7 Å². The third kappa shape index (κ3) is 3.83. The molecule has 0 unspecified atom stereocenters. The number of aromatic nitrogens is 1. The van der Waals surface area contributed by atoms with Gasteiger partial charge >= 0.3 is 5.97 Å².